The van der Waals surface area contributed by atoms with E-state index in [0.29, 0.717) is 6.04 Å². The number of nitrogens with one attached hydrogen (secondary N) is 2. The monoisotopic (exact) mass is 454 g/mol. The van der Waals surface area contributed by atoms with Crippen LogP contribution in [-0.4, -0.2) is 12.6 Å². The van der Waals surface area contributed by atoms with Crippen molar-refractivity contribution in [3.63, 3.8) is 0 Å². The van der Waals surface area contributed by atoms with Crippen molar-refractivity contribution in [1.29, 1.82) is 0 Å². The van der Waals surface area contributed by atoms with Crippen molar-refractivity contribution in [3.05, 3.63) is 47.9 Å². The Labute approximate surface area is 206 Å². The van der Waals surface area contributed by atoms with E-state index in [4.69, 9.17) is 0 Å². The van der Waals surface area contributed by atoms with Crippen molar-refractivity contribution in [1.82, 2.24) is 10.6 Å². The van der Waals surface area contributed by atoms with Crippen LogP contribution in [0, 0.1) is 0 Å². The maximum absolute atomic E-state index is 4.24. The molecule has 0 amide bonds. The van der Waals surface area contributed by atoms with Gasteiger partial charge in [0.05, 0.1) is 6.04 Å². The lowest BCUT2D eigenvalue weighted by Crippen LogP contribution is -2.21. The highest BCUT2D eigenvalue weighted by Gasteiger charge is 2.22. The molecule has 33 heavy (non-hydrogen) atoms. The van der Waals surface area contributed by atoms with E-state index in [9.17, 15) is 0 Å². The van der Waals surface area contributed by atoms with Gasteiger partial charge in [0.15, 0.2) is 0 Å². The Hall–Kier alpha value is -1.44. The van der Waals surface area contributed by atoms with Crippen LogP contribution < -0.4 is 10.6 Å². The van der Waals surface area contributed by atoms with E-state index in [1.807, 2.05) is 0 Å². The summed E-state index contributed by atoms with van der Waals surface area (Å²) >= 11 is 0. The Bertz CT molecular complexity index is 598. The van der Waals surface area contributed by atoms with Gasteiger partial charge in [0.25, 0.3) is 0 Å². The first kappa shape index (κ1) is 27.8. The fraction of sp³-hybridized carbons (Fsp3) is 0.742. The molecule has 0 radical (unpaired) electrons. The van der Waals surface area contributed by atoms with Gasteiger partial charge in [-0.3, -0.25) is 0 Å². The average Bonchev–Trinajstić information content (AvgIpc) is 3.24. The summed E-state index contributed by atoms with van der Waals surface area (Å²) in [7, 11) is 0. The zero-order chi connectivity index (χ0) is 23.4. The second-order valence-corrected chi connectivity index (χ2v) is 10.4. The first-order chi connectivity index (χ1) is 16.3. The van der Waals surface area contributed by atoms with Crippen molar-refractivity contribution in [3.8, 4) is 0 Å². The van der Waals surface area contributed by atoms with Gasteiger partial charge < -0.3 is 10.6 Å². The van der Waals surface area contributed by atoms with Gasteiger partial charge in [-0.2, -0.15) is 0 Å². The lowest BCUT2D eigenvalue weighted by atomic mass is 9.94. The molecule has 0 saturated carbocycles. The molecule has 0 aromatic rings. The fourth-order valence-electron chi connectivity index (χ4n) is 5.14. The Kier molecular flexibility index (Phi) is 15.9. The van der Waals surface area contributed by atoms with Gasteiger partial charge in [0.1, 0.15) is 0 Å². The molecule has 1 aliphatic heterocycles. The molecular weight excluding hydrogens is 400 g/mol. The largest absolute Gasteiger partial charge is 0.388 e. The molecule has 0 aromatic heterocycles. The van der Waals surface area contributed by atoms with Gasteiger partial charge in [-0.05, 0) is 36.8 Å². The van der Waals surface area contributed by atoms with Gasteiger partial charge in [0, 0.05) is 18.4 Å². The molecule has 2 aliphatic rings. The second-order valence-electron chi connectivity index (χ2n) is 10.4. The Morgan fingerprint density at radius 3 is 1.97 bits per heavy atom. The standard InChI is InChI=1S/C31H54N2/c1-3-4-5-6-7-8-9-10-11-12-13-14-15-16-17-18-19-22-28(2)32-26-25-29-27-33-31-24-21-20-23-30(29)31/h20-21,23,27,31-33H,2-19,22,24-26H2,1H3. The molecule has 0 fully saturated rings. The fourth-order valence-corrected chi connectivity index (χ4v) is 5.14. The topological polar surface area (TPSA) is 24.1 Å². The lowest BCUT2D eigenvalue weighted by molar-refractivity contribution is 0.526. The Morgan fingerprint density at radius 1 is 0.848 bits per heavy atom. The number of hydrogen-bond donors (Lipinski definition) is 2. The van der Waals surface area contributed by atoms with Crippen molar-refractivity contribution < 1.29 is 0 Å². The molecule has 2 N–H and O–H groups in total. The highest BCUT2D eigenvalue weighted by Crippen LogP contribution is 2.27. The predicted molar refractivity (Wildman–Crippen MR) is 147 cm³/mol. The predicted octanol–water partition coefficient (Wildman–Crippen LogP) is 9.26. The molecule has 1 atom stereocenters. The van der Waals surface area contributed by atoms with Crippen LogP contribution in [0.3, 0.4) is 0 Å². The van der Waals surface area contributed by atoms with Crippen LogP contribution in [0.15, 0.2) is 47.9 Å². The van der Waals surface area contributed by atoms with E-state index in [1.54, 1.807) is 0 Å². The van der Waals surface area contributed by atoms with Crippen LogP contribution in [-0.2, 0) is 0 Å². The second kappa shape index (κ2) is 18.9. The molecule has 0 bridgehead atoms. The summed E-state index contributed by atoms with van der Waals surface area (Å²) in [6, 6.07) is 0.517. The Balaban J connectivity index is 1.28. The summed E-state index contributed by atoms with van der Waals surface area (Å²) < 4.78 is 0. The van der Waals surface area contributed by atoms with Crippen molar-refractivity contribution in [2.24, 2.45) is 0 Å². The molecule has 0 saturated heterocycles. The molecule has 0 aromatic carbocycles. The lowest BCUT2D eigenvalue weighted by Gasteiger charge is -2.16. The van der Waals surface area contributed by atoms with Crippen LogP contribution in [0.1, 0.15) is 135 Å². The zero-order valence-electron chi connectivity index (χ0n) is 21.9. The third-order valence-electron chi connectivity index (χ3n) is 7.34. The van der Waals surface area contributed by atoms with Gasteiger partial charge in [-0.15, -0.1) is 0 Å². The summed E-state index contributed by atoms with van der Waals surface area (Å²) in [6.45, 7) is 7.54. The SMILES string of the molecule is C=C(CCCCCCCCCCCCCCCCCCC)NCCC1=CNC2CC=CC=C12. The van der Waals surface area contributed by atoms with Gasteiger partial charge in [0.2, 0.25) is 0 Å². The number of fused-ring (bicyclic) bond motifs is 1. The van der Waals surface area contributed by atoms with Crippen LogP contribution in [0.5, 0.6) is 0 Å². The van der Waals surface area contributed by atoms with E-state index in [0.717, 1.165) is 25.8 Å². The highest BCUT2D eigenvalue weighted by molar-refractivity contribution is 5.44. The van der Waals surface area contributed by atoms with Gasteiger partial charge in [-0.1, -0.05) is 134 Å². The van der Waals surface area contributed by atoms with Crippen LogP contribution in [0.25, 0.3) is 0 Å². The van der Waals surface area contributed by atoms with Gasteiger partial charge in [-0.25, -0.2) is 0 Å². The van der Waals surface area contributed by atoms with E-state index in [1.165, 1.54) is 126 Å². The summed E-state index contributed by atoms with van der Waals surface area (Å²) in [5.41, 5.74) is 4.16. The summed E-state index contributed by atoms with van der Waals surface area (Å²) in [6.07, 6.45) is 36.6. The molecule has 1 heterocycles. The van der Waals surface area contributed by atoms with E-state index >= 15 is 0 Å². The third kappa shape index (κ3) is 13.1. The normalized spacial score (nSPS) is 16.8. The van der Waals surface area contributed by atoms with Crippen molar-refractivity contribution in [2.45, 2.75) is 141 Å². The van der Waals surface area contributed by atoms with Crippen molar-refractivity contribution in [2.75, 3.05) is 6.54 Å². The molecule has 0 spiro atoms. The average molecular weight is 455 g/mol. The van der Waals surface area contributed by atoms with Gasteiger partial charge >= 0.3 is 0 Å². The minimum absolute atomic E-state index is 0.517. The van der Waals surface area contributed by atoms with E-state index < -0.39 is 0 Å². The summed E-state index contributed by atoms with van der Waals surface area (Å²) in [4.78, 5) is 0. The molecule has 1 unspecified atom stereocenters. The van der Waals surface area contributed by atoms with E-state index in [-0.39, 0.29) is 0 Å². The number of rotatable bonds is 22. The maximum Gasteiger partial charge on any atom is 0.0546 e. The molecule has 2 nitrogen and oxygen atoms in total. The van der Waals surface area contributed by atoms with Crippen molar-refractivity contribution >= 4 is 0 Å². The molecular formula is C31H54N2. The molecule has 1 aliphatic carbocycles. The molecule has 2 heteroatoms. The first-order valence-electron chi connectivity index (χ1n) is 14.5. The highest BCUT2D eigenvalue weighted by atomic mass is 14.9. The Morgan fingerprint density at radius 2 is 1.39 bits per heavy atom. The van der Waals surface area contributed by atoms with Crippen LogP contribution in [0.4, 0.5) is 0 Å². The summed E-state index contributed by atoms with van der Waals surface area (Å²) in [5.74, 6) is 0. The number of hydrogen-bond acceptors (Lipinski definition) is 2. The van der Waals surface area contributed by atoms with Crippen LogP contribution in [0.2, 0.25) is 0 Å². The third-order valence-corrected chi connectivity index (χ3v) is 7.34. The maximum atomic E-state index is 4.24. The quantitative estimate of drug-likeness (QED) is 0.159. The minimum Gasteiger partial charge on any atom is -0.388 e. The number of allylic oxidation sites excluding steroid dienone is 3. The van der Waals surface area contributed by atoms with Crippen LogP contribution >= 0.6 is 0 Å². The first-order valence-corrected chi connectivity index (χ1v) is 14.5. The van der Waals surface area contributed by atoms with E-state index in [2.05, 4.69) is 48.6 Å². The smallest absolute Gasteiger partial charge is 0.0546 e. The number of unbranched alkanes of at least 4 members (excludes halogenated alkanes) is 16. The molecule has 2 rings (SSSR count). The summed E-state index contributed by atoms with van der Waals surface area (Å²) in [5, 5.41) is 7.05. The molecule has 188 valence electrons. The minimum atomic E-state index is 0.517. The zero-order valence-corrected chi connectivity index (χ0v) is 21.9.